The molecule has 0 unspecified atom stereocenters. The zero-order valence-electron chi connectivity index (χ0n) is 8.79. The van der Waals surface area contributed by atoms with Crippen LogP contribution in [-0.2, 0) is 12.8 Å². The molecule has 0 bridgehead atoms. The number of thioether (sulfide) groups is 1. The summed E-state index contributed by atoms with van der Waals surface area (Å²) in [6.07, 6.45) is 1.50. The van der Waals surface area contributed by atoms with Crippen molar-refractivity contribution in [2.24, 2.45) is 7.05 Å². The fourth-order valence-electron chi connectivity index (χ4n) is 1.28. The second-order valence-corrected chi connectivity index (χ2v) is 4.29. The molecule has 6 heteroatoms. The fraction of sp³-hybridized carbons (Fsp3) is 0.200. The second kappa shape index (κ2) is 4.44. The van der Waals surface area contributed by atoms with Crippen LogP contribution in [0.3, 0.4) is 0 Å². The molecule has 3 N–H and O–H groups in total. The number of phenols is 1. The predicted molar refractivity (Wildman–Crippen MR) is 63.1 cm³/mol. The number of rotatable bonds is 3. The first-order valence-corrected chi connectivity index (χ1v) is 5.69. The van der Waals surface area contributed by atoms with Crippen molar-refractivity contribution in [3.05, 3.63) is 30.1 Å². The SMILES string of the molecule is Cn1ncnc1SCc1cc(N)ccc1O. The molecule has 1 aromatic carbocycles. The molecule has 0 fully saturated rings. The van der Waals surface area contributed by atoms with Crippen LogP contribution in [-0.4, -0.2) is 19.9 Å². The van der Waals surface area contributed by atoms with Crippen molar-refractivity contribution < 1.29 is 5.11 Å². The summed E-state index contributed by atoms with van der Waals surface area (Å²) in [5, 5.41) is 14.4. The van der Waals surface area contributed by atoms with Crippen LogP contribution < -0.4 is 5.73 Å². The highest BCUT2D eigenvalue weighted by Gasteiger charge is 2.05. The van der Waals surface area contributed by atoms with Gasteiger partial charge in [-0.15, -0.1) is 0 Å². The van der Waals surface area contributed by atoms with E-state index in [0.717, 1.165) is 10.7 Å². The predicted octanol–water partition coefficient (Wildman–Crippen LogP) is 1.40. The Kier molecular flexibility index (Phi) is 3.00. The highest BCUT2D eigenvalue weighted by atomic mass is 32.2. The lowest BCUT2D eigenvalue weighted by Gasteiger charge is -2.04. The Hall–Kier alpha value is -1.69. The van der Waals surface area contributed by atoms with Crippen LogP contribution in [0.4, 0.5) is 5.69 Å². The standard InChI is InChI=1S/C10H12N4OS/c1-14-10(12-6-13-14)16-5-7-4-8(11)2-3-9(7)15/h2-4,6,15H,5,11H2,1H3. The molecule has 0 radical (unpaired) electrons. The summed E-state index contributed by atoms with van der Waals surface area (Å²) < 4.78 is 1.69. The molecular formula is C10H12N4OS. The highest BCUT2D eigenvalue weighted by Crippen LogP contribution is 2.27. The summed E-state index contributed by atoms with van der Waals surface area (Å²) in [5.41, 5.74) is 7.10. The number of anilines is 1. The van der Waals surface area contributed by atoms with Crippen molar-refractivity contribution in [1.29, 1.82) is 0 Å². The Morgan fingerprint density at radius 1 is 1.50 bits per heavy atom. The molecular weight excluding hydrogens is 224 g/mol. The minimum absolute atomic E-state index is 0.254. The Labute approximate surface area is 97.3 Å². The average Bonchev–Trinajstić information content (AvgIpc) is 2.66. The first-order chi connectivity index (χ1) is 7.66. The minimum atomic E-state index is 0.254. The average molecular weight is 236 g/mol. The smallest absolute Gasteiger partial charge is 0.186 e. The molecule has 0 saturated heterocycles. The van der Waals surface area contributed by atoms with E-state index in [9.17, 15) is 5.11 Å². The number of nitrogens with zero attached hydrogens (tertiary/aromatic N) is 3. The normalized spacial score (nSPS) is 10.6. The molecule has 0 aliphatic heterocycles. The lowest BCUT2D eigenvalue weighted by Crippen LogP contribution is -1.94. The van der Waals surface area contributed by atoms with E-state index in [1.165, 1.54) is 18.1 Å². The van der Waals surface area contributed by atoms with E-state index in [4.69, 9.17) is 5.73 Å². The molecule has 2 rings (SSSR count). The Morgan fingerprint density at radius 3 is 3.00 bits per heavy atom. The summed E-state index contributed by atoms with van der Waals surface area (Å²) in [7, 11) is 1.83. The Balaban J connectivity index is 2.10. The number of aryl methyl sites for hydroxylation is 1. The molecule has 5 nitrogen and oxygen atoms in total. The first kappa shape index (κ1) is 10.8. The third kappa shape index (κ3) is 2.27. The van der Waals surface area contributed by atoms with Gasteiger partial charge < -0.3 is 10.8 Å². The van der Waals surface area contributed by atoms with Crippen LogP contribution >= 0.6 is 11.8 Å². The zero-order valence-corrected chi connectivity index (χ0v) is 9.61. The molecule has 0 amide bonds. The van der Waals surface area contributed by atoms with Gasteiger partial charge in [0.2, 0.25) is 0 Å². The third-order valence-corrected chi connectivity index (χ3v) is 3.21. The van der Waals surface area contributed by atoms with Crippen molar-refractivity contribution in [3.8, 4) is 5.75 Å². The van der Waals surface area contributed by atoms with Crippen LogP contribution in [0, 0.1) is 0 Å². The maximum Gasteiger partial charge on any atom is 0.186 e. The molecule has 0 saturated carbocycles. The van der Waals surface area contributed by atoms with E-state index in [2.05, 4.69) is 10.1 Å². The minimum Gasteiger partial charge on any atom is -0.508 e. The number of hydrogen-bond donors (Lipinski definition) is 2. The highest BCUT2D eigenvalue weighted by molar-refractivity contribution is 7.98. The van der Waals surface area contributed by atoms with Crippen LogP contribution in [0.2, 0.25) is 0 Å². The summed E-state index contributed by atoms with van der Waals surface area (Å²) in [5.74, 6) is 0.868. The van der Waals surface area contributed by atoms with Gasteiger partial charge >= 0.3 is 0 Å². The molecule has 1 heterocycles. The Bertz CT molecular complexity index is 497. The molecule has 2 aromatic rings. The molecule has 84 valence electrons. The summed E-state index contributed by atoms with van der Waals surface area (Å²) >= 11 is 1.50. The van der Waals surface area contributed by atoms with E-state index >= 15 is 0 Å². The van der Waals surface area contributed by atoms with Gasteiger partial charge in [0.05, 0.1) is 0 Å². The lowest BCUT2D eigenvalue weighted by atomic mass is 10.2. The largest absolute Gasteiger partial charge is 0.508 e. The molecule has 16 heavy (non-hydrogen) atoms. The third-order valence-electron chi connectivity index (χ3n) is 2.13. The van der Waals surface area contributed by atoms with Gasteiger partial charge in [0.15, 0.2) is 5.16 Å². The number of nitrogen functional groups attached to an aromatic ring is 1. The quantitative estimate of drug-likeness (QED) is 0.478. The monoisotopic (exact) mass is 236 g/mol. The van der Waals surface area contributed by atoms with Gasteiger partial charge in [0.1, 0.15) is 12.1 Å². The molecule has 1 aromatic heterocycles. The van der Waals surface area contributed by atoms with Crippen molar-refractivity contribution in [3.63, 3.8) is 0 Å². The van der Waals surface area contributed by atoms with Gasteiger partial charge in [0.25, 0.3) is 0 Å². The van der Waals surface area contributed by atoms with E-state index < -0.39 is 0 Å². The van der Waals surface area contributed by atoms with E-state index in [-0.39, 0.29) is 5.75 Å². The second-order valence-electron chi connectivity index (χ2n) is 3.34. The lowest BCUT2D eigenvalue weighted by molar-refractivity contribution is 0.470. The van der Waals surface area contributed by atoms with Crippen LogP contribution in [0.15, 0.2) is 29.7 Å². The molecule has 0 aliphatic rings. The number of benzene rings is 1. The summed E-state index contributed by atoms with van der Waals surface area (Å²) in [6.45, 7) is 0. The number of phenolic OH excluding ortho intramolecular Hbond substituents is 1. The number of aromatic nitrogens is 3. The van der Waals surface area contributed by atoms with Gasteiger partial charge in [-0.1, -0.05) is 11.8 Å². The zero-order chi connectivity index (χ0) is 11.5. The maximum atomic E-state index is 9.62. The number of nitrogens with two attached hydrogens (primary N) is 1. The van der Waals surface area contributed by atoms with Crippen molar-refractivity contribution in [1.82, 2.24) is 14.8 Å². The molecule has 0 aliphatic carbocycles. The van der Waals surface area contributed by atoms with Gasteiger partial charge in [-0.05, 0) is 18.2 Å². The van der Waals surface area contributed by atoms with Crippen molar-refractivity contribution in [2.75, 3.05) is 5.73 Å². The van der Waals surface area contributed by atoms with Gasteiger partial charge in [0, 0.05) is 24.1 Å². The topological polar surface area (TPSA) is 77.0 Å². The van der Waals surface area contributed by atoms with Crippen LogP contribution in [0.1, 0.15) is 5.56 Å². The molecule has 0 spiro atoms. The summed E-state index contributed by atoms with van der Waals surface area (Å²) in [6, 6.07) is 5.03. The van der Waals surface area contributed by atoms with Crippen molar-refractivity contribution in [2.45, 2.75) is 10.9 Å². The number of aromatic hydroxyl groups is 1. The summed E-state index contributed by atoms with van der Waals surface area (Å²) in [4.78, 5) is 4.08. The maximum absolute atomic E-state index is 9.62. The van der Waals surface area contributed by atoms with E-state index in [0.29, 0.717) is 11.4 Å². The fourth-order valence-corrected chi connectivity index (χ4v) is 2.15. The van der Waals surface area contributed by atoms with Gasteiger partial charge in [-0.2, -0.15) is 5.10 Å². The first-order valence-electron chi connectivity index (χ1n) is 4.71. The van der Waals surface area contributed by atoms with Crippen molar-refractivity contribution >= 4 is 17.4 Å². The number of hydrogen-bond acceptors (Lipinski definition) is 5. The molecule has 0 atom stereocenters. The van der Waals surface area contributed by atoms with Crippen LogP contribution in [0.25, 0.3) is 0 Å². The van der Waals surface area contributed by atoms with E-state index in [1.807, 2.05) is 7.05 Å². The van der Waals surface area contributed by atoms with Gasteiger partial charge in [-0.25, -0.2) is 9.67 Å². The van der Waals surface area contributed by atoms with E-state index in [1.54, 1.807) is 22.9 Å². The van der Waals surface area contributed by atoms with Gasteiger partial charge in [-0.3, -0.25) is 0 Å². The van der Waals surface area contributed by atoms with Crippen LogP contribution in [0.5, 0.6) is 5.75 Å². The Morgan fingerprint density at radius 2 is 2.31 bits per heavy atom.